The number of hydrogen-bond donors (Lipinski definition) is 0. The van der Waals surface area contributed by atoms with Crippen molar-refractivity contribution in [1.82, 2.24) is 0 Å². The van der Waals surface area contributed by atoms with Crippen LogP contribution in [0.15, 0.2) is 42.5 Å². The summed E-state index contributed by atoms with van der Waals surface area (Å²) in [4.78, 5) is 0. The van der Waals surface area contributed by atoms with Crippen LogP contribution in [0, 0.1) is 6.92 Å². The van der Waals surface area contributed by atoms with Gasteiger partial charge in [0.15, 0.2) is 0 Å². The van der Waals surface area contributed by atoms with Crippen molar-refractivity contribution >= 4 is 28.8 Å². The van der Waals surface area contributed by atoms with Gasteiger partial charge in [-0.2, -0.15) is 11.1 Å². The van der Waals surface area contributed by atoms with Gasteiger partial charge in [-0.05, 0) is 47.8 Å². The van der Waals surface area contributed by atoms with Gasteiger partial charge < -0.3 is 0 Å². The van der Waals surface area contributed by atoms with Crippen molar-refractivity contribution in [1.29, 1.82) is 0 Å². The summed E-state index contributed by atoms with van der Waals surface area (Å²) in [7, 11) is -2.12. The van der Waals surface area contributed by atoms with E-state index in [0.29, 0.717) is 0 Å². The maximum absolute atomic E-state index is 7.09. The molecular weight excluding hydrogens is 280 g/mol. The zero-order valence-corrected chi connectivity index (χ0v) is 14.6. The van der Waals surface area contributed by atoms with Crippen LogP contribution in [0.5, 0.6) is 0 Å². The molecule has 0 aliphatic rings. The fourth-order valence-corrected chi connectivity index (χ4v) is 6.12. The number of rotatable bonds is 4. The molecule has 1 atom stereocenters. The molecule has 0 N–H and O–H groups in total. The van der Waals surface area contributed by atoms with E-state index in [1.165, 1.54) is 27.1 Å². The van der Waals surface area contributed by atoms with Crippen LogP contribution < -0.4 is 10.4 Å². The highest BCUT2D eigenvalue weighted by atomic mass is 35.6. The third-order valence-electron chi connectivity index (χ3n) is 4.06. The summed E-state index contributed by atoms with van der Waals surface area (Å²) >= 11 is 7.09. The van der Waals surface area contributed by atoms with Gasteiger partial charge >= 0.3 is 0 Å². The average molecular weight is 303 g/mol. The van der Waals surface area contributed by atoms with Crippen LogP contribution in [0.3, 0.4) is 0 Å². The predicted molar refractivity (Wildman–Crippen MR) is 93.1 cm³/mol. The Kier molecular flexibility index (Phi) is 4.72. The molecule has 2 aromatic rings. The number of aryl methyl sites for hydroxylation is 3. The molecule has 0 heterocycles. The SMILES string of the molecule is CCc1cc(CC)cc([Si](C)(Cl)c2ccccc2C)c1. The lowest BCUT2D eigenvalue weighted by atomic mass is 10.1. The third-order valence-corrected chi connectivity index (χ3v) is 8.27. The molecule has 20 heavy (non-hydrogen) atoms. The molecule has 0 aromatic heterocycles. The Morgan fingerprint density at radius 1 is 0.950 bits per heavy atom. The Bertz CT molecular complexity index is 580. The second kappa shape index (κ2) is 6.15. The topological polar surface area (TPSA) is 0 Å². The van der Waals surface area contributed by atoms with Crippen LogP contribution in [0.2, 0.25) is 6.55 Å². The summed E-state index contributed by atoms with van der Waals surface area (Å²) in [5, 5.41) is 2.67. The minimum atomic E-state index is -2.12. The molecule has 0 saturated carbocycles. The van der Waals surface area contributed by atoms with Crippen LogP contribution in [0.25, 0.3) is 0 Å². The van der Waals surface area contributed by atoms with E-state index >= 15 is 0 Å². The Labute approximate surface area is 128 Å². The molecule has 0 radical (unpaired) electrons. The quantitative estimate of drug-likeness (QED) is 0.590. The predicted octanol–water partition coefficient (Wildman–Crippen LogP) is 4.05. The van der Waals surface area contributed by atoms with E-state index in [0.717, 1.165) is 12.8 Å². The number of halogens is 1. The largest absolute Gasteiger partial charge is 0.214 e. The highest BCUT2D eigenvalue weighted by molar-refractivity contribution is 7.33. The maximum atomic E-state index is 7.09. The Balaban J connectivity index is 2.56. The molecule has 0 saturated heterocycles. The summed E-state index contributed by atoms with van der Waals surface area (Å²) in [6, 6.07) is 15.5. The standard InChI is InChI=1S/C18H23ClSi/c1-5-15-11-16(6-2)13-17(12-15)20(4,19)18-10-8-7-9-14(18)3/h7-13H,5-6H2,1-4H3. The van der Waals surface area contributed by atoms with Gasteiger partial charge in [-0.15, -0.1) is 0 Å². The second-order valence-electron chi connectivity index (χ2n) is 5.56. The van der Waals surface area contributed by atoms with Crippen LogP contribution in [-0.4, -0.2) is 7.38 Å². The zero-order chi connectivity index (χ0) is 14.8. The summed E-state index contributed by atoms with van der Waals surface area (Å²) in [6.45, 7) is 8.82. The zero-order valence-electron chi connectivity index (χ0n) is 12.8. The molecular formula is C18H23ClSi. The smallest absolute Gasteiger partial charge is 0.155 e. The first-order chi connectivity index (χ1) is 9.48. The fourth-order valence-electron chi connectivity index (χ4n) is 2.70. The van der Waals surface area contributed by atoms with Gasteiger partial charge in [-0.3, -0.25) is 0 Å². The normalized spacial score (nSPS) is 14.1. The summed E-state index contributed by atoms with van der Waals surface area (Å²) < 4.78 is 0. The molecule has 0 fully saturated rings. The lowest BCUT2D eigenvalue weighted by Gasteiger charge is -2.24. The van der Waals surface area contributed by atoms with Crippen molar-refractivity contribution in [2.75, 3.05) is 0 Å². The van der Waals surface area contributed by atoms with Crippen LogP contribution in [-0.2, 0) is 12.8 Å². The highest BCUT2D eigenvalue weighted by Gasteiger charge is 2.31. The Morgan fingerprint density at radius 3 is 2.00 bits per heavy atom. The average Bonchev–Trinajstić information content (AvgIpc) is 2.46. The molecule has 0 amide bonds. The van der Waals surface area contributed by atoms with E-state index < -0.39 is 7.38 Å². The van der Waals surface area contributed by atoms with Gasteiger partial charge in [-0.25, -0.2) is 0 Å². The second-order valence-corrected chi connectivity index (χ2v) is 11.0. The van der Waals surface area contributed by atoms with E-state index in [1.807, 2.05) is 0 Å². The molecule has 106 valence electrons. The maximum Gasteiger partial charge on any atom is 0.214 e. The van der Waals surface area contributed by atoms with Crippen LogP contribution in [0.4, 0.5) is 0 Å². The van der Waals surface area contributed by atoms with E-state index in [1.54, 1.807) is 0 Å². The molecule has 2 aromatic carbocycles. The molecule has 2 heteroatoms. The lowest BCUT2D eigenvalue weighted by Crippen LogP contribution is -2.52. The van der Waals surface area contributed by atoms with Gasteiger partial charge in [0.2, 0.25) is 7.38 Å². The summed E-state index contributed by atoms with van der Waals surface area (Å²) in [5.41, 5.74) is 4.09. The van der Waals surface area contributed by atoms with Crippen molar-refractivity contribution in [3.05, 3.63) is 59.2 Å². The summed E-state index contributed by atoms with van der Waals surface area (Å²) in [5.74, 6) is 0. The number of hydrogen-bond acceptors (Lipinski definition) is 0. The van der Waals surface area contributed by atoms with Gasteiger partial charge in [0.1, 0.15) is 0 Å². The third kappa shape index (κ3) is 2.99. The van der Waals surface area contributed by atoms with E-state index in [2.05, 4.69) is 69.8 Å². The molecule has 0 aliphatic carbocycles. The highest BCUT2D eigenvalue weighted by Crippen LogP contribution is 2.16. The molecule has 2 rings (SSSR count). The summed E-state index contributed by atoms with van der Waals surface area (Å²) in [6.07, 6.45) is 2.13. The fraction of sp³-hybridized carbons (Fsp3) is 0.333. The molecule has 0 spiro atoms. The van der Waals surface area contributed by atoms with E-state index in [4.69, 9.17) is 11.1 Å². The minimum absolute atomic E-state index is 1.07. The van der Waals surface area contributed by atoms with Crippen LogP contribution in [0.1, 0.15) is 30.5 Å². The van der Waals surface area contributed by atoms with E-state index in [9.17, 15) is 0 Å². The van der Waals surface area contributed by atoms with Gasteiger partial charge in [0.05, 0.1) is 0 Å². The first-order valence-electron chi connectivity index (χ1n) is 7.37. The number of benzene rings is 2. The minimum Gasteiger partial charge on any atom is -0.155 e. The monoisotopic (exact) mass is 302 g/mol. The lowest BCUT2D eigenvalue weighted by molar-refractivity contribution is 1.09. The molecule has 0 bridgehead atoms. The van der Waals surface area contributed by atoms with Gasteiger partial charge in [0, 0.05) is 0 Å². The van der Waals surface area contributed by atoms with Crippen molar-refractivity contribution in [2.24, 2.45) is 0 Å². The van der Waals surface area contributed by atoms with Crippen LogP contribution >= 0.6 is 11.1 Å². The molecule has 1 unspecified atom stereocenters. The van der Waals surface area contributed by atoms with Crippen molar-refractivity contribution in [2.45, 2.75) is 40.2 Å². The van der Waals surface area contributed by atoms with Gasteiger partial charge in [0.25, 0.3) is 0 Å². The Morgan fingerprint density at radius 2 is 1.50 bits per heavy atom. The van der Waals surface area contributed by atoms with Crippen molar-refractivity contribution in [3.8, 4) is 0 Å². The van der Waals surface area contributed by atoms with Gasteiger partial charge in [-0.1, -0.05) is 61.9 Å². The molecule has 0 aliphatic heterocycles. The van der Waals surface area contributed by atoms with Crippen molar-refractivity contribution < 1.29 is 0 Å². The Hall–Kier alpha value is -1.05. The molecule has 0 nitrogen and oxygen atoms in total. The van der Waals surface area contributed by atoms with Crippen molar-refractivity contribution in [3.63, 3.8) is 0 Å². The first-order valence-corrected chi connectivity index (χ1v) is 10.9. The van der Waals surface area contributed by atoms with E-state index in [-0.39, 0.29) is 0 Å². The first kappa shape index (κ1) is 15.3.